The molecule has 1 saturated carbocycles. The van der Waals surface area contributed by atoms with Gasteiger partial charge in [0.25, 0.3) is 11.6 Å². The van der Waals surface area contributed by atoms with Crippen LogP contribution in [0, 0.1) is 10.1 Å². The summed E-state index contributed by atoms with van der Waals surface area (Å²) in [5.41, 5.74) is -1.73. The van der Waals surface area contributed by atoms with Gasteiger partial charge in [0.1, 0.15) is 5.60 Å². The van der Waals surface area contributed by atoms with E-state index in [1.54, 1.807) is 0 Å². The van der Waals surface area contributed by atoms with Crippen LogP contribution in [0.3, 0.4) is 0 Å². The molecule has 1 aliphatic rings. The van der Waals surface area contributed by atoms with Crippen molar-refractivity contribution in [3.63, 3.8) is 0 Å². The van der Waals surface area contributed by atoms with Gasteiger partial charge in [-0.3, -0.25) is 14.9 Å². The number of nitro groups is 1. The highest BCUT2D eigenvalue weighted by molar-refractivity contribution is 5.85. The second-order valence-corrected chi connectivity index (χ2v) is 5.45. The summed E-state index contributed by atoms with van der Waals surface area (Å²) in [4.78, 5) is 21.5. The molecule has 0 bridgehead atoms. The lowest BCUT2D eigenvalue weighted by molar-refractivity contribution is -0.384. The Kier molecular flexibility index (Phi) is 4.79. The van der Waals surface area contributed by atoms with Crippen LogP contribution in [0.1, 0.15) is 19.3 Å². The second kappa shape index (κ2) is 6.45. The smallest absolute Gasteiger partial charge is 0.352 e. The highest BCUT2D eigenvalue weighted by Crippen LogP contribution is 2.44. The lowest BCUT2D eigenvalue weighted by Gasteiger charge is -2.41. The Morgan fingerprint density at radius 2 is 1.91 bits per heavy atom. The molecule has 0 atom stereocenters. The average Bonchev–Trinajstić information content (AvgIpc) is 2.49. The van der Waals surface area contributed by atoms with Crippen LogP contribution in [0.4, 0.5) is 20.2 Å². The predicted molar refractivity (Wildman–Crippen MR) is 78.3 cm³/mol. The van der Waals surface area contributed by atoms with Crippen molar-refractivity contribution in [2.45, 2.75) is 30.8 Å². The van der Waals surface area contributed by atoms with Gasteiger partial charge in [-0.05, 0) is 31.4 Å². The number of rotatable bonds is 7. The monoisotopic (exact) mass is 329 g/mol. The number of benzene rings is 1. The SMILES string of the molecule is O=C(NCCNc1ccc([N+](=O)[O-])cc1)C(F)(F)C1(O)CCC1. The number of anilines is 1. The van der Waals surface area contributed by atoms with E-state index in [-0.39, 0.29) is 31.6 Å². The molecule has 1 aromatic rings. The van der Waals surface area contributed by atoms with Crippen LogP contribution in [0.5, 0.6) is 0 Å². The number of carbonyl (C=O) groups excluding carboxylic acids is 1. The molecule has 1 aromatic carbocycles. The number of alkyl halides is 2. The van der Waals surface area contributed by atoms with Gasteiger partial charge in [0.05, 0.1) is 4.92 Å². The van der Waals surface area contributed by atoms with Gasteiger partial charge in [-0.25, -0.2) is 0 Å². The van der Waals surface area contributed by atoms with Gasteiger partial charge in [0.15, 0.2) is 0 Å². The number of halogens is 2. The van der Waals surface area contributed by atoms with Gasteiger partial charge in [-0.15, -0.1) is 0 Å². The van der Waals surface area contributed by atoms with Crippen molar-refractivity contribution in [3.05, 3.63) is 34.4 Å². The first-order valence-electron chi connectivity index (χ1n) is 7.13. The van der Waals surface area contributed by atoms with Crippen molar-refractivity contribution in [2.75, 3.05) is 18.4 Å². The third-order valence-corrected chi connectivity index (χ3v) is 3.87. The lowest BCUT2D eigenvalue weighted by Crippen LogP contribution is -2.60. The Hall–Kier alpha value is -2.29. The van der Waals surface area contributed by atoms with Crippen LogP contribution < -0.4 is 10.6 Å². The van der Waals surface area contributed by atoms with Crippen LogP contribution in [0.2, 0.25) is 0 Å². The molecule has 0 unspecified atom stereocenters. The average molecular weight is 329 g/mol. The summed E-state index contributed by atoms with van der Waals surface area (Å²) in [7, 11) is 0. The molecule has 126 valence electrons. The van der Waals surface area contributed by atoms with E-state index in [0.29, 0.717) is 12.1 Å². The van der Waals surface area contributed by atoms with Crippen molar-refractivity contribution in [1.82, 2.24) is 5.32 Å². The van der Waals surface area contributed by atoms with Crippen molar-refractivity contribution < 1.29 is 23.6 Å². The standard InChI is InChI=1S/C14H17F2N3O4/c15-14(16,13(21)6-1-7-13)12(20)18-9-8-17-10-2-4-11(5-3-10)19(22)23/h2-5,17,21H,1,6-9H2,(H,18,20). The fourth-order valence-electron chi connectivity index (χ4n) is 2.23. The summed E-state index contributed by atoms with van der Waals surface area (Å²) in [6.45, 7) is 0.0968. The summed E-state index contributed by atoms with van der Waals surface area (Å²) in [6, 6.07) is 5.57. The van der Waals surface area contributed by atoms with E-state index in [1.807, 2.05) is 0 Å². The maximum absolute atomic E-state index is 13.8. The van der Waals surface area contributed by atoms with Gasteiger partial charge >= 0.3 is 5.92 Å². The van der Waals surface area contributed by atoms with E-state index in [2.05, 4.69) is 10.6 Å². The molecule has 1 fully saturated rings. The summed E-state index contributed by atoms with van der Waals surface area (Å²) >= 11 is 0. The number of hydrogen-bond acceptors (Lipinski definition) is 5. The maximum Gasteiger partial charge on any atom is 0.352 e. The molecule has 9 heteroatoms. The lowest BCUT2D eigenvalue weighted by atomic mass is 9.75. The quantitative estimate of drug-likeness (QED) is 0.401. The zero-order valence-corrected chi connectivity index (χ0v) is 12.2. The molecule has 0 aliphatic heterocycles. The zero-order valence-electron chi connectivity index (χ0n) is 12.2. The van der Waals surface area contributed by atoms with Gasteiger partial charge in [-0.2, -0.15) is 8.78 Å². The number of nitro benzene ring substituents is 1. The van der Waals surface area contributed by atoms with E-state index in [0.717, 1.165) is 0 Å². The zero-order chi connectivity index (χ0) is 17.1. The maximum atomic E-state index is 13.8. The van der Waals surface area contributed by atoms with Gasteiger partial charge in [-0.1, -0.05) is 0 Å². The first-order valence-corrected chi connectivity index (χ1v) is 7.13. The van der Waals surface area contributed by atoms with Crippen molar-refractivity contribution in [2.24, 2.45) is 0 Å². The van der Waals surface area contributed by atoms with Crippen LogP contribution in [-0.2, 0) is 4.79 Å². The minimum absolute atomic E-state index is 0.0581. The van der Waals surface area contributed by atoms with Crippen LogP contribution in [0.15, 0.2) is 24.3 Å². The number of amides is 1. The normalized spacial score (nSPS) is 16.3. The highest BCUT2D eigenvalue weighted by Gasteiger charge is 2.60. The third-order valence-electron chi connectivity index (χ3n) is 3.87. The van der Waals surface area contributed by atoms with E-state index in [9.17, 15) is 28.8 Å². The summed E-state index contributed by atoms with van der Waals surface area (Å²) in [5, 5.41) is 25.0. The molecule has 2 rings (SSSR count). The third kappa shape index (κ3) is 3.55. The number of carbonyl (C=O) groups is 1. The molecule has 3 N–H and O–H groups in total. The Labute approximate surface area is 130 Å². The number of aliphatic hydroxyl groups is 1. The molecular formula is C14H17F2N3O4. The number of hydrogen-bond donors (Lipinski definition) is 3. The van der Waals surface area contributed by atoms with E-state index in [1.165, 1.54) is 24.3 Å². The molecule has 0 heterocycles. The van der Waals surface area contributed by atoms with E-state index >= 15 is 0 Å². The number of nitrogens with zero attached hydrogens (tertiary/aromatic N) is 1. The summed E-state index contributed by atoms with van der Waals surface area (Å²) in [5.74, 6) is -5.30. The Bertz CT molecular complexity index is 588. The Morgan fingerprint density at radius 3 is 2.39 bits per heavy atom. The van der Waals surface area contributed by atoms with Gasteiger partial charge < -0.3 is 15.7 Å². The molecular weight excluding hydrogens is 312 g/mol. The van der Waals surface area contributed by atoms with Crippen LogP contribution in [0.25, 0.3) is 0 Å². The highest BCUT2D eigenvalue weighted by atomic mass is 19.3. The summed E-state index contributed by atoms with van der Waals surface area (Å²) < 4.78 is 27.5. The second-order valence-electron chi connectivity index (χ2n) is 5.45. The fourth-order valence-corrected chi connectivity index (χ4v) is 2.23. The molecule has 0 saturated heterocycles. The van der Waals surface area contributed by atoms with E-state index in [4.69, 9.17) is 0 Å². The molecule has 23 heavy (non-hydrogen) atoms. The molecule has 1 amide bonds. The first kappa shape index (κ1) is 17.1. The minimum Gasteiger partial charge on any atom is -0.383 e. The topological polar surface area (TPSA) is 104 Å². The van der Waals surface area contributed by atoms with Gasteiger partial charge in [0.2, 0.25) is 0 Å². The minimum atomic E-state index is -3.81. The first-order chi connectivity index (χ1) is 10.8. The van der Waals surface area contributed by atoms with Gasteiger partial charge in [0, 0.05) is 30.9 Å². The van der Waals surface area contributed by atoms with Crippen molar-refractivity contribution in [1.29, 1.82) is 0 Å². The molecule has 0 aromatic heterocycles. The number of nitrogens with one attached hydrogen (secondary N) is 2. The number of non-ortho nitro benzene ring substituents is 1. The van der Waals surface area contributed by atoms with Crippen LogP contribution >= 0.6 is 0 Å². The molecule has 0 spiro atoms. The Morgan fingerprint density at radius 1 is 1.30 bits per heavy atom. The predicted octanol–water partition coefficient (Wildman–Crippen LogP) is 1.67. The fraction of sp³-hybridized carbons (Fsp3) is 0.500. The van der Waals surface area contributed by atoms with Crippen molar-refractivity contribution >= 4 is 17.3 Å². The largest absolute Gasteiger partial charge is 0.383 e. The molecule has 1 aliphatic carbocycles. The Balaban J connectivity index is 1.76. The summed E-state index contributed by atoms with van der Waals surface area (Å²) in [6.07, 6.45) is 0.296. The van der Waals surface area contributed by atoms with E-state index < -0.39 is 22.4 Å². The molecule has 0 radical (unpaired) electrons. The molecule has 7 nitrogen and oxygen atoms in total. The van der Waals surface area contributed by atoms with Crippen molar-refractivity contribution in [3.8, 4) is 0 Å². The van der Waals surface area contributed by atoms with Crippen LogP contribution in [-0.4, -0.2) is 40.6 Å².